The van der Waals surface area contributed by atoms with Crippen molar-refractivity contribution >= 4 is 0 Å². The van der Waals surface area contributed by atoms with Crippen molar-refractivity contribution in [2.24, 2.45) is 0 Å². The zero-order valence-electron chi connectivity index (χ0n) is 10.4. The zero-order valence-corrected chi connectivity index (χ0v) is 10.4. The van der Waals surface area contributed by atoms with E-state index in [-0.39, 0.29) is 0 Å². The Balaban J connectivity index is 2.35. The third-order valence-electron chi connectivity index (χ3n) is 2.79. The Kier molecular flexibility index (Phi) is 3.54. The Morgan fingerprint density at radius 3 is 2.47 bits per heavy atom. The summed E-state index contributed by atoms with van der Waals surface area (Å²) < 4.78 is 5.31. The van der Waals surface area contributed by atoms with Gasteiger partial charge in [-0.3, -0.25) is 0 Å². The minimum atomic E-state index is 0.665. The second-order valence-electron chi connectivity index (χ2n) is 4.03. The van der Waals surface area contributed by atoms with Crippen LogP contribution in [0.1, 0.15) is 17.0 Å². The molecule has 0 aliphatic carbocycles. The highest BCUT2D eigenvalue weighted by atomic mass is 16.3. The summed E-state index contributed by atoms with van der Waals surface area (Å²) in [4.78, 5) is 8.99. The van der Waals surface area contributed by atoms with Gasteiger partial charge in [0.25, 0.3) is 0 Å². The molecule has 0 amide bonds. The van der Waals surface area contributed by atoms with Gasteiger partial charge in [0.2, 0.25) is 0 Å². The van der Waals surface area contributed by atoms with Crippen LogP contribution in [0.2, 0.25) is 0 Å². The van der Waals surface area contributed by atoms with Crippen LogP contribution < -0.4 is 5.32 Å². The van der Waals surface area contributed by atoms with E-state index in [1.165, 1.54) is 5.56 Å². The van der Waals surface area contributed by atoms with Crippen LogP contribution in [0.15, 0.2) is 22.8 Å². The number of hydrogen-bond acceptors (Lipinski definition) is 4. The van der Waals surface area contributed by atoms with Crippen LogP contribution in [0.4, 0.5) is 0 Å². The quantitative estimate of drug-likeness (QED) is 0.875. The Bertz CT molecular complexity index is 468. The summed E-state index contributed by atoms with van der Waals surface area (Å²) in [6.45, 7) is 4.98. The number of nitrogens with zero attached hydrogens (tertiary/aromatic N) is 2. The van der Waals surface area contributed by atoms with Crippen molar-refractivity contribution in [2.75, 3.05) is 13.6 Å². The van der Waals surface area contributed by atoms with Gasteiger partial charge in [-0.15, -0.1) is 0 Å². The zero-order chi connectivity index (χ0) is 12.3. The normalized spacial score (nSPS) is 10.8. The van der Waals surface area contributed by atoms with Crippen LogP contribution in [0.25, 0.3) is 11.6 Å². The van der Waals surface area contributed by atoms with Crippen molar-refractivity contribution in [3.8, 4) is 11.6 Å². The van der Waals surface area contributed by atoms with Crippen molar-refractivity contribution in [1.82, 2.24) is 15.3 Å². The van der Waals surface area contributed by atoms with Crippen LogP contribution in [0.5, 0.6) is 0 Å². The topological polar surface area (TPSA) is 51.0 Å². The predicted octanol–water partition coefficient (Wildman–Crippen LogP) is 2.12. The van der Waals surface area contributed by atoms with Gasteiger partial charge in [-0.25, -0.2) is 9.97 Å². The van der Waals surface area contributed by atoms with Crippen LogP contribution >= 0.6 is 0 Å². The van der Waals surface area contributed by atoms with Crippen LogP contribution in [0.3, 0.4) is 0 Å². The summed E-state index contributed by atoms with van der Waals surface area (Å²) in [7, 11) is 1.95. The Morgan fingerprint density at radius 2 is 1.94 bits per heavy atom. The van der Waals surface area contributed by atoms with E-state index in [0.717, 1.165) is 30.1 Å². The molecule has 0 fully saturated rings. The van der Waals surface area contributed by atoms with E-state index in [0.29, 0.717) is 5.82 Å². The molecule has 2 aromatic rings. The van der Waals surface area contributed by atoms with Crippen molar-refractivity contribution in [2.45, 2.75) is 20.3 Å². The molecule has 0 aromatic carbocycles. The van der Waals surface area contributed by atoms with Gasteiger partial charge in [-0.2, -0.15) is 0 Å². The highest BCUT2D eigenvalue weighted by Gasteiger charge is 2.10. The molecular formula is C13H17N3O. The molecule has 4 nitrogen and oxygen atoms in total. The molecule has 0 unspecified atom stereocenters. The molecule has 4 heteroatoms. The number of nitrogens with one attached hydrogen (secondary N) is 1. The van der Waals surface area contributed by atoms with Gasteiger partial charge in [0.1, 0.15) is 0 Å². The Hall–Kier alpha value is -1.68. The molecular weight excluding hydrogens is 214 g/mol. The first-order valence-corrected chi connectivity index (χ1v) is 5.75. The third kappa shape index (κ3) is 2.53. The fourth-order valence-corrected chi connectivity index (χ4v) is 1.87. The van der Waals surface area contributed by atoms with Gasteiger partial charge in [0, 0.05) is 11.4 Å². The van der Waals surface area contributed by atoms with Crippen molar-refractivity contribution in [3.05, 3.63) is 35.3 Å². The molecule has 0 spiro atoms. The third-order valence-corrected chi connectivity index (χ3v) is 2.79. The highest BCUT2D eigenvalue weighted by molar-refractivity contribution is 5.48. The van der Waals surface area contributed by atoms with Gasteiger partial charge < -0.3 is 9.73 Å². The van der Waals surface area contributed by atoms with E-state index in [2.05, 4.69) is 15.3 Å². The van der Waals surface area contributed by atoms with E-state index < -0.39 is 0 Å². The minimum absolute atomic E-state index is 0.665. The van der Waals surface area contributed by atoms with Crippen LogP contribution in [-0.2, 0) is 6.42 Å². The summed E-state index contributed by atoms with van der Waals surface area (Å²) in [5.74, 6) is 1.38. The largest absolute Gasteiger partial charge is 0.461 e. The lowest BCUT2D eigenvalue weighted by atomic mass is 10.1. The molecule has 17 heavy (non-hydrogen) atoms. The number of hydrogen-bond donors (Lipinski definition) is 1. The number of rotatable bonds is 4. The average molecular weight is 231 g/mol. The van der Waals surface area contributed by atoms with Gasteiger partial charge in [-0.05, 0) is 51.6 Å². The smallest absolute Gasteiger partial charge is 0.196 e. The van der Waals surface area contributed by atoms with Crippen molar-refractivity contribution in [1.29, 1.82) is 0 Å². The van der Waals surface area contributed by atoms with Crippen molar-refractivity contribution in [3.63, 3.8) is 0 Å². The maximum absolute atomic E-state index is 5.31. The van der Waals surface area contributed by atoms with E-state index >= 15 is 0 Å². The highest BCUT2D eigenvalue weighted by Crippen LogP contribution is 2.19. The maximum atomic E-state index is 5.31. The summed E-state index contributed by atoms with van der Waals surface area (Å²) in [5.41, 5.74) is 3.27. The fraction of sp³-hybridized carbons (Fsp3) is 0.385. The molecule has 2 rings (SSSR count). The van der Waals surface area contributed by atoms with Crippen LogP contribution in [-0.4, -0.2) is 23.6 Å². The monoisotopic (exact) mass is 231 g/mol. The standard InChI is InChI=1S/C13H17N3O/c1-9-11(6-7-14-3)10(2)16-13(15-9)12-5-4-8-17-12/h4-5,8,14H,6-7H2,1-3H3. The molecule has 90 valence electrons. The lowest BCUT2D eigenvalue weighted by Gasteiger charge is -2.09. The summed E-state index contributed by atoms with van der Waals surface area (Å²) in [6, 6.07) is 3.72. The first-order chi connectivity index (χ1) is 8.22. The van der Waals surface area contributed by atoms with Gasteiger partial charge >= 0.3 is 0 Å². The van der Waals surface area contributed by atoms with Crippen molar-refractivity contribution < 1.29 is 4.42 Å². The molecule has 0 atom stereocenters. The summed E-state index contributed by atoms with van der Waals surface area (Å²) in [6.07, 6.45) is 2.59. The molecule has 2 heterocycles. The molecule has 0 aliphatic heterocycles. The van der Waals surface area contributed by atoms with Crippen LogP contribution in [0, 0.1) is 13.8 Å². The van der Waals surface area contributed by atoms with E-state index in [4.69, 9.17) is 4.42 Å². The molecule has 0 radical (unpaired) electrons. The van der Waals surface area contributed by atoms with E-state index in [9.17, 15) is 0 Å². The van der Waals surface area contributed by atoms with Gasteiger partial charge in [0.15, 0.2) is 11.6 Å². The summed E-state index contributed by atoms with van der Waals surface area (Å²) >= 11 is 0. The molecule has 0 saturated carbocycles. The first-order valence-electron chi connectivity index (χ1n) is 5.75. The Morgan fingerprint density at radius 1 is 1.24 bits per heavy atom. The molecule has 1 N–H and O–H groups in total. The average Bonchev–Trinajstić information content (AvgIpc) is 2.81. The maximum Gasteiger partial charge on any atom is 0.196 e. The molecule has 0 bridgehead atoms. The number of aromatic nitrogens is 2. The number of likely N-dealkylation sites (N-methyl/N-ethyl adjacent to an activating group) is 1. The minimum Gasteiger partial charge on any atom is -0.461 e. The summed E-state index contributed by atoms with van der Waals surface area (Å²) in [5, 5.41) is 3.14. The number of furan rings is 1. The molecule has 0 saturated heterocycles. The lowest BCUT2D eigenvalue weighted by Crippen LogP contribution is -2.13. The Labute approximate surface area is 101 Å². The van der Waals surface area contributed by atoms with E-state index in [1.54, 1.807) is 6.26 Å². The fourth-order valence-electron chi connectivity index (χ4n) is 1.87. The van der Waals surface area contributed by atoms with Gasteiger partial charge in [0.05, 0.1) is 6.26 Å². The van der Waals surface area contributed by atoms with Gasteiger partial charge in [-0.1, -0.05) is 0 Å². The van der Waals surface area contributed by atoms with E-state index in [1.807, 2.05) is 33.0 Å². The number of aryl methyl sites for hydroxylation is 2. The molecule has 2 aromatic heterocycles. The predicted molar refractivity (Wildman–Crippen MR) is 66.8 cm³/mol. The molecule has 0 aliphatic rings. The lowest BCUT2D eigenvalue weighted by molar-refractivity contribution is 0.576. The first kappa shape index (κ1) is 11.8. The second-order valence-corrected chi connectivity index (χ2v) is 4.03. The SMILES string of the molecule is CNCCc1c(C)nc(-c2ccco2)nc1C. The second kappa shape index (κ2) is 5.10.